The van der Waals surface area contributed by atoms with Gasteiger partial charge in [0.05, 0.1) is 22.1 Å². The van der Waals surface area contributed by atoms with Gasteiger partial charge in [-0.15, -0.1) is 0 Å². The predicted octanol–water partition coefficient (Wildman–Crippen LogP) is 13.0. The molecule has 2 aromatic heterocycles. The van der Waals surface area contributed by atoms with Crippen molar-refractivity contribution in [2.24, 2.45) is 0 Å². The maximum absolute atomic E-state index is 2.56. The van der Waals surface area contributed by atoms with Crippen molar-refractivity contribution in [1.29, 1.82) is 0 Å². The molecule has 2 heterocycles. The van der Waals surface area contributed by atoms with Gasteiger partial charge in [0.15, 0.2) is 0 Å². The Bertz CT molecular complexity index is 2790. The zero-order valence-electron chi connectivity index (χ0n) is 29.2. The van der Waals surface area contributed by atoms with E-state index >= 15 is 0 Å². The molecule has 0 saturated heterocycles. The van der Waals surface area contributed by atoms with E-state index in [1.807, 2.05) is 0 Å². The molecule has 2 nitrogen and oxygen atoms in total. The molecule has 0 saturated carbocycles. The van der Waals surface area contributed by atoms with E-state index < -0.39 is 0 Å². The van der Waals surface area contributed by atoms with Gasteiger partial charge in [-0.05, 0) is 111 Å². The third kappa shape index (κ3) is 4.21. The lowest BCUT2D eigenvalue weighted by atomic mass is 9.63. The number of nitrogens with zero attached hydrogens (tertiary/aromatic N) is 2. The Morgan fingerprint density at radius 3 is 1.76 bits per heavy atom. The van der Waals surface area contributed by atoms with Crippen LogP contribution in [0.4, 0.5) is 0 Å². The van der Waals surface area contributed by atoms with Gasteiger partial charge in [0.25, 0.3) is 0 Å². The largest absolute Gasteiger partial charge is 0.309 e. The molecule has 50 heavy (non-hydrogen) atoms. The van der Waals surface area contributed by atoms with Crippen LogP contribution in [0.5, 0.6) is 0 Å². The highest BCUT2D eigenvalue weighted by molar-refractivity contribution is 6.25. The molecule has 0 spiro atoms. The van der Waals surface area contributed by atoms with Crippen molar-refractivity contribution in [3.63, 3.8) is 0 Å². The number of hydrogen-bond acceptors (Lipinski definition) is 0. The molecule has 0 radical (unpaired) electrons. The van der Waals surface area contributed by atoms with Gasteiger partial charge in [-0.25, -0.2) is 0 Å². The van der Waals surface area contributed by atoms with Crippen LogP contribution < -0.4 is 0 Å². The molecule has 10 rings (SSSR count). The maximum atomic E-state index is 2.56. The highest BCUT2D eigenvalue weighted by atomic mass is 15.0. The van der Waals surface area contributed by atoms with Gasteiger partial charge in [-0.3, -0.25) is 0 Å². The summed E-state index contributed by atoms with van der Waals surface area (Å²) in [5, 5.41) is 7.81. The van der Waals surface area contributed by atoms with Crippen molar-refractivity contribution in [2.45, 2.75) is 51.4 Å². The minimum Gasteiger partial charge on any atom is -0.309 e. The lowest BCUT2D eigenvalue weighted by Gasteiger charge is -2.42. The van der Waals surface area contributed by atoms with E-state index in [0.29, 0.717) is 0 Å². The van der Waals surface area contributed by atoms with Crippen molar-refractivity contribution in [1.82, 2.24) is 9.13 Å². The number of benzene rings is 7. The fourth-order valence-electron chi connectivity index (χ4n) is 8.94. The van der Waals surface area contributed by atoms with E-state index in [4.69, 9.17) is 0 Å². The lowest BCUT2D eigenvalue weighted by molar-refractivity contribution is 0.332. The summed E-state index contributed by atoms with van der Waals surface area (Å²) >= 11 is 0. The summed E-state index contributed by atoms with van der Waals surface area (Å²) in [5.74, 6) is 0. The van der Waals surface area contributed by atoms with E-state index in [9.17, 15) is 0 Å². The molecule has 0 bridgehead atoms. The molecule has 0 aliphatic heterocycles. The molecule has 1 aliphatic carbocycles. The van der Waals surface area contributed by atoms with Crippen LogP contribution in [0.1, 0.15) is 51.7 Å². The lowest BCUT2D eigenvalue weighted by Crippen LogP contribution is -2.33. The zero-order chi connectivity index (χ0) is 33.8. The van der Waals surface area contributed by atoms with Crippen LogP contribution in [0.3, 0.4) is 0 Å². The summed E-state index contributed by atoms with van der Waals surface area (Å²) in [6.07, 6.45) is 2.38. The van der Waals surface area contributed by atoms with Crippen molar-refractivity contribution in [3.8, 4) is 22.5 Å². The van der Waals surface area contributed by atoms with Crippen molar-refractivity contribution in [2.75, 3.05) is 0 Å². The van der Waals surface area contributed by atoms with Crippen LogP contribution >= 0.6 is 0 Å². The molecule has 9 aromatic rings. The van der Waals surface area contributed by atoms with Crippen molar-refractivity contribution in [3.05, 3.63) is 157 Å². The molecule has 0 atom stereocenters. The van der Waals surface area contributed by atoms with Crippen molar-refractivity contribution >= 4 is 54.4 Å². The van der Waals surface area contributed by atoms with Crippen LogP contribution in [-0.4, -0.2) is 9.13 Å². The first-order valence-corrected chi connectivity index (χ1v) is 18.0. The second-order valence-electron chi connectivity index (χ2n) is 15.7. The summed E-state index contributed by atoms with van der Waals surface area (Å²) in [4.78, 5) is 0. The normalized spacial score (nSPS) is 15.4. The average Bonchev–Trinajstić information content (AvgIpc) is 3.64. The van der Waals surface area contributed by atoms with Gasteiger partial charge in [0.1, 0.15) is 0 Å². The minimum atomic E-state index is 0.107. The highest BCUT2D eigenvalue weighted by Crippen LogP contribution is 2.49. The molecule has 7 aromatic carbocycles. The van der Waals surface area contributed by atoms with E-state index in [1.54, 1.807) is 0 Å². The van der Waals surface area contributed by atoms with E-state index in [0.717, 1.165) is 0 Å². The third-order valence-electron chi connectivity index (χ3n) is 11.7. The second-order valence-corrected chi connectivity index (χ2v) is 15.7. The minimum absolute atomic E-state index is 0.107. The molecular weight excluding hydrogens is 605 g/mol. The molecule has 0 fully saturated rings. The molecule has 2 heteroatoms. The Kier molecular flexibility index (Phi) is 6.13. The van der Waals surface area contributed by atoms with Crippen LogP contribution in [0.15, 0.2) is 146 Å². The number of aromatic nitrogens is 2. The molecule has 0 amide bonds. The Balaban J connectivity index is 1.40. The quantitative estimate of drug-likeness (QED) is 0.181. The summed E-state index contributed by atoms with van der Waals surface area (Å²) in [6, 6.07) is 54.2. The topological polar surface area (TPSA) is 9.86 Å². The highest BCUT2D eigenvalue weighted by Gasteiger charge is 2.38. The van der Waals surface area contributed by atoms with Crippen LogP contribution in [0.25, 0.3) is 76.9 Å². The van der Waals surface area contributed by atoms with Crippen molar-refractivity contribution < 1.29 is 0 Å². The van der Waals surface area contributed by atoms with Crippen LogP contribution in [0.2, 0.25) is 0 Å². The molecule has 1 aliphatic rings. The summed E-state index contributed by atoms with van der Waals surface area (Å²) in [7, 11) is 0. The van der Waals surface area contributed by atoms with Gasteiger partial charge in [0.2, 0.25) is 0 Å². The SMILES string of the molecule is CC1(C)CCC(C)(C)c2cc3c(cc21)c1cc2c4c5ccccc5ccc4n(-c4ccccc4)c2cc1n3-c1cccc(-c2ccccc2)c1. The summed E-state index contributed by atoms with van der Waals surface area (Å²) in [6.45, 7) is 9.75. The number of para-hydroxylation sites is 1. The Morgan fingerprint density at radius 2 is 0.980 bits per heavy atom. The number of rotatable bonds is 3. The first-order chi connectivity index (χ1) is 24.3. The molecule has 242 valence electrons. The van der Waals surface area contributed by atoms with Gasteiger partial charge < -0.3 is 9.13 Å². The maximum Gasteiger partial charge on any atom is 0.0562 e. The Hall–Kier alpha value is -5.60. The van der Waals surface area contributed by atoms with Crippen LogP contribution in [-0.2, 0) is 10.8 Å². The summed E-state index contributed by atoms with van der Waals surface area (Å²) < 4.78 is 5.01. The molecule has 0 unspecified atom stereocenters. The van der Waals surface area contributed by atoms with Crippen LogP contribution in [0, 0.1) is 0 Å². The van der Waals surface area contributed by atoms with Gasteiger partial charge >= 0.3 is 0 Å². The first-order valence-electron chi connectivity index (χ1n) is 18.0. The monoisotopic (exact) mass is 644 g/mol. The zero-order valence-corrected chi connectivity index (χ0v) is 29.2. The second kappa shape index (κ2) is 10.5. The molecular formula is C48H40N2. The standard InChI is InChI=1S/C48H40N2/c1-47(2)24-25-48(3,4)41-29-43-38(28-40(41)47)37-27-39-45(30-44(37)50(43)35-20-13-17-33(26-35)31-14-7-5-8-15-31)49(34-18-9-6-10-19-34)42-23-22-32-16-11-12-21-36(32)46(39)42/h5-23,26-30H,24-25H2,1-4H3. The van der Waals surface area contributed by atoms with Gasteiger partial charge in [-0.1, -0.05) is 119 Å². The number of fused-ring (bicyclic) bond motifs is 9. The Labute approximate surface area is 293 Å². The van der Waals surface area contributed by atoms with E-state index in [-0.39, 0.29) is 10.8 Å². The predicted molar refractivity (Wildman–Crippen MR) is 213 cm³/mol. The smallest absolute Gasteiger partial charge is 0.0562 e. The van der Waals surface area contributed by atoms with Gasteiger partial charge in [0, 0.05) is 32.9 Å². The average molecular weight is 645 g/mol. The third-order valence-corrected chi connectivity index (χ3v) is 11.7. The fraction of sp³-hybridized carbons (Fsp3) is 0.167. The fourth-order valence-corrected chi connectivity index (χ4v) is 8.94. The van der Waals surface area contributed by atoms with E-state index in [2.05, 4.69) is 182 Å². The molecule has 0 N–H and O–H groups in total. The summed E-state index contributed by atoms with van der Waals surface area (Å²) in [5.41, 5.74) is 13.0. The Morgan fingerprint density at radius 1 is 0.400 bits per heavy atom. The number of hydrogen-bond donors (Lipinski definition) is 0. The first kappa shape index (κ1) is 29.3. The van der Waals surface area contributed by atoms with Gasteiger partial charge in [-0.2, -0.15) is 0 Å². The van der Waals surface area contributed by atoms with E-state index in [1.165, 1.54) is 101 Å².